The van der Waals surface area contributed by atoms with E-state index in [2.05, 4.69) is 29.1 Å². The maximum Gasteiger partial charge on any atom is 0.0212 e. The van der Waals surface area contributed by atoms with Gasteiger partial charge in [0.25, 0.3) is 0 Å². The number of hydrogen-bond donors (Lipinski definition) is 1. The molecular weight excluding hydrogens is 210 g/mol. The van der Waals surface area contributed by atoms with Crippen molar-refractivity contribution in [2.24, 2.45) is 5.92 Å². The van der Waals surface area contributed by atoms with Crippen LogP contribution in [0.5, 0.6) is 0 Å². The summed E-state index contributed by atoms with van der Waals surface area (Å²) in [5, 5.41) is 3.88. The van der Waals surface area contributed by atoms with Crippen molar-refractivity contribution in [1.82, 2.24) is 15.1 Å². The lowest BCUT2D eigenvalue weighted by Gasteiger charge is -2.20. The summed E-state index contributed by atoms with van der Waals surface area (Å²) in [7, 11) is 2.25. The third kappa shape index (κ3) is 3.01. The average Bonchev–Trinajstić information content (AvgIpc) is 2.89. The van der Waals surface area contributed by atoms with Gasteiger partial charge in [-0.25, -0.2) is 0 Å². The Morgan fingerprint density at radius 2 is 1.94 bits per heavy atom. The van der Waals surface area contributed by atoms with Gasteiger partial charge in [0.2, 0.25) is 0 Å². The van der Waals surface area contributed by atoms with E-state index in [1.807, 2.05) is 0 Å². The largest absolute Gasteiger partial charge is 0.309 e. The Balaban J connectivity index is 1.41. The summed E-state index contributed by atoms with van der Waals surface area (Å²) in [5.74, 6) is 1.05. The Labute approximate surface area is 106 Å². The Morgan fingerprint density at radius 3 is 2.59 bits per heavy atom. The lowest BCUT2D eigenvalue weighted by atomic mass is 10.1. The van der Waals surface area contributed by atoms with Crippen molar-refractivity contribution in [3.63, 3.8) is 0 Å². The lowest BCUT2D eigenvalue weighted by molar-refractivity contribution is 0.305. The predicted molar refractivity (Wildman–Crippen MR) is 71.2 cm³/mol. The molecule has 1 N–H and O–H groups in total. The molecule has 3 fully saturated rings. The fraction of sp³-hybridized carbons (Fsp3) is 1.00. The molecule has 17 heavy (non-hydrogen) atoms. The van der Waals surface area contributed by atoms with E-state index in [4.69, 9.17) is 0 Å². The second-order valence-corrected chi connectivity index (χ2v) is 6.58. The number of likely N-dealkylation sites (N-methyl/N-ethyl adjacent to an activating group) is 1. The van der Waals surface area contributed by atoms with Crippen molar-refractivity contribution in [3.05, 3.63) is 0 Å². The van der Waals surface area contributed by atoms with Crippen LogP contribution in [0.2, 0.25) is 0 Å². The topological polar surface area (TPSA) is 18.5 Å². The molecule has 3 rings (SSSR count). The van der Waals surface area contributed by atoms with Crippen LogP contribution in [0.3, 0.4) is 0 Å². The number of rotatable bonds is 4. The third-order valence-electron chi connectivity index (χ3n) is 4.84. The van der Waals surface area contributed by atoms with E-state index in [9.17, 15) is 0 Å². The van der Waals surface area contributed by atoms with Crippen molar-refractivity contribution >= 4 is 0 Å². The zero-order valence-electron chi connectivity index (χ0n) is 11.4. The minimum atomic E-state index is 0.737. The van der Waals surface area contributed by atoms with Gasteiger partial charge >= 0.3 is 0 Å². The molecule has 2 aliphatic heterocycles. The molecule has 0 aromatic carbocycles. The highest BCUT2D eigenvalue weighted by molar-refractivity contribution is 4.91. The van der Waals surface area contributed by atoms with Crippen LogP contribution in [0.15, 0.2) is 0 Å². The van der Waals surface area contributed by atoms with Gasteiger partial charge in [0.1, 0.15) is 0 Å². The molecule has 98 valence electrons. The van der Waals surface area contributed by atoms with E-state index in [1.165, 1.54) is 51.9 Å². The number of nitrogens with zero attached hydrogens (tertiary/aromatic N) is 2. The maximum atomic E-state index is 3.88. The smallest absolute Gasteiger partial charge is 0.0212 e. The third-order valence-corrected chi connectivity index (χ3v) is 4.84. The zero-order chi connectivity index (χ0) is 11.8. The van der Waals surface area contributed by atoms with E-state index in [-0.39, 0.29) is 0 Å². The van der Waals surface area contributed by atoms with Gasteiger partial charge in [-0.3, -0.25) is 0 Å². The van der Waals surface area contributed by atoms with E-state index in [0.717, 1.165) is 24.0 Å². The molecular formula is C14H27N3. The van der Waals surface area contributed by atoms with Gasteiger partial charge in [-0.15, -0.1) is 0 Å². The monoisotopic (exact) mass is 237 g/mol. The first kappa shape index (κ1) is 11.9. The molecule has 0 aromatic heterocycles. The number of nitrogens with one attached hydrogen (secondary N) is 1. The molecule has 1 saturated carbocycles. The second kappa shape index (κ2) is 4.87. The molecule has 2 heterocycles. The molecule has 0 amide bonds. The molecule has 3 atom stereocenters. The molecule has 0 radical (unpaired) electrons. The van der Waals surface area contributed by atoms with Crippen molar-refractivity contribution in [3.8, 4) is 0 Å². The average molecular weight is 237 g/mol. The number of likely N-dealkylation sites (tertiary alicyclic amines) is 2. The van der Waals surface area contributed by atoms with Gasteiger partial charge in [-0.2, -0.15) is 0 Å². The molecule has 3 aliphatic rings. The number of hydrogen-bond acceptors (Lipinski definition) is 3. The minimum Gasteiger partial charge on any atom is -0.309 e. The quantitative estimate of drug-likeness (QED) is 0.791. The predicted octanol–water partition coefficient (Wildman–Crippen LogP) is 1.15. The Bertz CT molecular complexity index is 254. The summed E-state index contributed by atoms with van der Waals surface area (Å²) >= 11 is 0. The van der Waals surface area contributed by atoms with Crippen LogP contribution in [0.4, 0.5) is 0 Å². The summed E-state index contributed by atoms with van der Waals surface area (Å²) in [6.07, 6.45) is 5.66. The molecule has 3 heteroatoms. The van der Waals surface area contributed by atoms with Gasteiger partial charge in [0.05, 0.1) is 0 Å². The first-order valence-electron chi connectivity index (χ1n) is 7.39. The Morgan fingerprint density at radius 1 is 1.12 bits per heavy atom. The Hall–Kier alpha value is -0.120. The van der Waals surface area contributed by atoms with Crippen LogP contribution in [0.25, 0.3) is 0 Å². The Kier molecular flexibility index (Phi) is 3.42. The first-order chi connectivity index (χ1) is 8.20. The summed E-state index contributed by atoms with van der Waals surface area (Å²) < 4.78 is 0. The lowest BCUT2D eigenvalue weighted by Crippen LogP contribution is -2.41. The normalized spacial score (nSPS) is 40.2. The molecule has 0 spiro atoms. The molecule has 3 nitrogen and oxygen atoms in total. The molecule has 0 unspecified atom stereocenters. The summed E-state index contributed by atoms with van der Waals surface area (Å²) in [4.78, 5) is 5.16. The van der Waals surface area contributed by atoms with Crippen LogP contribution in [0, 0.1) is 5.92 Å². The molecule has 0 bridgehead atoms. The van der Waals surface area contributed by atoms with E-state index in [0.29, 0.717) is 0 Å². The molecule has 0 aromatic rings. The van der Waals surface area contributed by atoms with E-state index in [1.54, 1.807) is 0 Å². The van der Waals surface area contributed by atoms with Crippen LogP contribution >= 0.6 is 0 Å². The highest BCUT2D eigenvalue weighted by atomic mass is 15.2. The zero-order valence-corrected chi connectivity index (χ0v) is 11.4. The highest BCUT2D eigenvalue weighted by Crippen LogP contribution is 2.30. The fourth-order valence-corrected chi connectivity index (χ4v) is 3.45. The maximum absolute atomic E-state index is 3.88. The van der Waals surface area contributed by atoms with Gasteiger partial charge in [-0.05, 0) is 52.1 Å². The van der Waals surface area contributed by atoms with E-state index < -0.39 is 0 Å². The van der Waals surface area contributed by atoms with Gasteiger partial charge in [-0.1, -0.05) is 0 Å². The highest BCUT2D eigenvalue weighted by Gasteiger charge is 2.32. The SMILES string of the molecule is C[C@@H]1C[C@H](N[C@@H]2CCN(CC3CC3)C2)CN1C. The van der Waals surface area contributed by atoms with Gasteiger partial charge in [0, 0.05) is 37.8 Å². The minimum absolute atomic E-state index is 0.737. The van der Waals surface area contributed by atoms with Crippen LogP contribution < -0.4 is 5.32 Å². The molecule has 2 saturated heterocycles. The van der Waals surface area contributed by atoms with Crippen LogP contribution in [-0.4, -0.2) is 61.2 Å². The molecule has 1 aliphatic carbocycles. The standard InChI is InChI=1S/C14H27N3/c1-11-7-14(9-16(11)2)15-13-5-6-17(10-13)8-12-3-4-12/h11-15H,3-10H2,1-2H3/t11-,13-,14+/m1/s1. The summed E-state index contributed by atoms with van der Waals surface area (Å²) in [5.41, 5.74) is 0. The van der Waals surface area contributed by atoms with Crippen LogP contribution in [-0.2, 0) is 0 Å². The van der Waals surface area contributed by atoms with E-state index >= 15 is 0 Å². The van der Waals surface area contributed by atoms with Crippen molar-refractivity contribution in [1.29, 1.82) is 0 Å². The van der Waals surface area contributed by atoms with Crippen molar-refractivity contribution < 1.29 is 0 Å². The second-order valence-electron chi connectivity index (χ2n) is 6.58. The van der Waals surface area contributed by atoms with Gasteiger partial charge in [0.15, 0.2) is 0 Å². The summed E-state index contributed by atoms with van der Waals surface area (Å²) in [6, 6.07) is 2.26. The van der Waals surface area contributed by atoms with Gasteiger partial charge < -0.3 is 15.1 Å². The van der Waals surface area contributed by atoms with Crippen molar-refractivity contribution in [2.75, 3.05) is 33.2 Å². The summed E-state index contributed by atoms with van der Waals surface area (Å²) in [6.45, 7) is 7.58. The first-order valence-corrected chi connectivity index (χ1v) is 7.39. The van der Waals surface area contributed by atoms with Crippen LogP contribution in [0.1, 0.15) is 32.6 Å². The fourth-order valence-electron chi connectivity index (χ4n) is 3.45. The van der Waals surface area contributed by atoms with Crippen molar-refractivity contribution in [2.45, 2.75) is 50.7 Å².